The zero-order chi connectivity index (χ0) is 15.2. The van der Waals surface area contributed by atoms with Gasteiger partial charge in [0.25, 0.3) is 11.6 Å². The van der Waals surface area contributed by atoms with Crippen LogP contribution in [0.5, 0.6) is 0 Å². The Morgan fingerprint density at radius 3 is 2.95 bits per heavy atom. The van der Waals surface area contributed by atoms with Crippen molar-refractivity contribution in [1.29, 1.82) is 0 Å². The summed E-state index contributed by atoms with van der Waals surface area (Å²) in [6.45, 7) is 2.58. The van der Waals surface area contributed by atoms with Crippen LogP contribution >= 0.6 is 0 Å². The fourth-order valence-electron chi connectivity index (χ4n) is 1.71. The topological polar surface area (TPSA) is 110 Å². The highest BCUT2D eigenvalue weighted by Crippen LogP contribution is 2.19. The predicted octanol–water partition coefficient (Wildman–Crippen LogP) is 1.94. The molecule has 0 radical (unpaired) electrons. The number of carbonyl (C=O) groups excluding carboxylic acids is 1. The van der Waals surface area contributed by atoms with E-state index < -0.39 is 10.8 Å². The van der Waals surface area contributed by atoms with Gasteiger partial charge >= 0.3 is 0 Å². The summed E-state index contributed by atoms with van der Waals surface area (Å²) in [5.41, 5.74) is -0.114. The molecule has 110 valence electrons. The number of hydrogen-bond donors (Lipinski definition) is 2. The maximum Gasteiger partial charge on any atom is 0.288 e. The molecule has 0 saturated heterocycles. The minimum Gasteiger partial charge on any atom is -0.467 e. The number of carbonyl (C=O) groups is 1. The molecule has 8 heteroatoms. The van der Waals surface area contributed by atoms with E-state index >= 15 is 0 Å². The lowest BCUT2D eigenvalue weighted by Gasteiger charge is -2.09. The highest BCUT2D eigenvalue weighted by Gasteiger charge is 2.18. The minimum atomic E-state index is -0.591. The molecule has 8 nitrogen and oxygen atoms in total. The molecule has 0 saturated carbocycles. The average molecular weight is 290 g/mol. The van der Waals surface area contributed by atoms with E-state index in [2.05, 4.69) is 15.6 Å². The molecule has 0 bridgehead atoms. The third-order valence-electron chi connectivity index (χ3n) is 2.68. The number of anilines is 1. The van der Waals surface area contributed by atoms with Crippen LogP contribution in [0.25, 0.3) is 0 Å². The Morgan fingerprint density at radius 1 is 1.52 bits per heavy atom. The van der Waals surface area contributed by atoms with Crippen LogP contribution in [0.4, 0.5) is 11.5 Å². The lowest BCUT2D eigenvalue weighted by Crippen LogP contribution is -2.24. The lowest BCUT2D eigenvalue weighted by atomic mass is 10.2. The molecule has 1 amide bonds. The molecule has 0 aliphatic heterocycles. The summed E-state index contributed by atoms with van der Waals surface area (Å²) in [5, 5.41) is 16.3. The van der Waals surface area contributed by atoms with Crippen molar-refractivity contribution in [2.75, 3.05) is 11.9 Å². The Balaban J connectivity index is 2.20. The second-order valence-electron chi connectivity index (χ2n) is 4.14. The number of aromatic nitrogens is 1. The smallest absolute Gasteiger partial charge is 0.288 e. The van der Waals surface area contributed by atoms with Crippen molar-refractivity contribution in [2.45, 2.75) is 13.5 Å². The maximum absolute atomic E-state index is 12.2. The van der Waals surface area contributed by atoms with Crippen LogP contribution in [0, 0.1) is 10.1 Å². The highest BCUT2D eigenvalue weighted by atomic mass is 16.6. The fourth-order valence-corrected chi connectivity index (χ4v) is 1.71. The van der Waals surface area contributed by atoms with Gasteiger partial charge in [-0.25, -0.2) is 4.98 Å². The van der Waals surface area contributed by atoms with Crippen molar-refractivity contribution in [2.24, 2.45) is 0 Å². The first kappa shape index (κ1) is 14.5. The van der Waals surface area contributed by atoms with E-state index in [0.29, 0.717) is 18.1 Å². The summed E-state index contributed by atoms with van der Waals surface area (Å²) < 4.78 is 5.11. The first-order valence-electron chi connectivity index (χ1n) is 6.30. The molecule has 0 fully saturated rings. The van der Waals surface area contributed by atoms with E-state index in [-0.39, 0.29) is 17.8 Å². The number of nitro groups is 1. The molecule has 0 unspecified atom stereocenters. The van der Waals surface area contributed by atoms with E-state index in [1.807, 2.05) is 6.92 Å². The van der Waals surface area contributed by atoms with Gasteiger partial charge in [-0.15, -0.1) is 0 Å². The largest absolute Gasteiger partial charge is 0.467 e. The Kier molecular flexibility index (Phi) is 4.50. The molecule has 0 atom stereocenters. The van der Waals surface area contributed by atoms with Crippen LogP contribution in [0.2, 0.25) is 0 Å². The zero-order valence-corrected chi connectivity index (χ0v) is 11.3. The van der Waals surface area contributed by atoms with Crippen LogP contribution < -0.4 is 10.6 Å². The summed E-state index contributed by atoms with van der Waals surface area (Å²) >= 11 is 0. The van der Waals surface area contributed by atoms with Crippen molar-refractivity contribution >= 4 is 17.4 Å². The summed E-state index contributed by atoms with van der Waals surface area (Å²) in [6.07, 6.45) is 2.61. The van der Waals surface area contributed by atoms with Gasteiger partial charge in [-0.3, -0.25) is 14.9 Å². The standard InChI is InChI=1S/C13H14N4O4/c1-2-14-12-11(6-9(7-15-12)17(19)20)13(18)16-8-10-4-3-5-21-10/h3-7H,2,8H2,1H3,(H,14,15)(H,16,18). The summed E-state index contributed by atoms with van der Waals surface area (Å²) in [6, 6.07) is 4.63. The van der Waals surface area contributed by atoms with Crippen molar-refractivity contribution in [1.82, 2.24) is 10.3 Å². The molecular weight excluding hydrogens is 276 g/mol. The molecule has 2 aromatic heterocycles. The van der Waals surface area contributed by atoms with Crippen LogP contribution in [-0.2, 0) is 6.54 Å². The van der Waals surface area contributed by atoms with Gasteiger partial charge in [0.2, 0.25) is 0 Å². The second kappa shape index (κ2) is 6.51. The SMILES string of the molecule is CCNc1ncc([N+](=O)[O-])cc1C(=O)NCc1ccco1. The van der Waals surface area contributed by atoms with E-state index in [1.165, 1.54) is 12.3 Å². The van der Waals surface area contributed by atoms with Crippen molar-refractivity contribution < 1.29 is 14.1 Å². The quantitative estimate of drug-likeness (QED) is 0.621. The third-order valence-corrected chi connectivity index (χ3v) is 2.68. The molecule has 2 N–H and O–H groups in total. The number of nitrogens with one attached hydrogen (secondary N) is 2. The van der Waals surface area contributed by atoms with Crippen molar-refractivity contribution in [3.63, 3.8) is 0 Å². The monoisotopic (exact) mass is 290 g/mol. The van der Waals surface area contributed by atoms with Crippen LogP contribution in [0.1, 0.15) is 23.0 Å². The van der Waals surface area contributed by atoms with Crippen molar-refractivity contribution in [3.05, 3.63) is 52.1 Å². The molecule has 2 rings (SSSR count). The number of rotatable bonds is 6. The minimum absolute atomic E-state index is 0.123. The van der Waals surface area contributed by atoms with E-state index in [0.717, 1.165) is 6.20 Å². The van der Waals surface area contributed by atoms with Gasteiger partial charge in [-0.05, 0) is 19.1 Å². The van der Waals surface area contributed by atoms with E-state index in [9.17, 15) is 14.9 Å². The Hall–Kier alpha value is -2.90. The number of furan rings is 1. The predicted molar refractivity (Wildman–Crippen MR) is 74.9 cm³/mol. The van der Waals surface area contributed by atoms with Crippen LogP contribution in [0.15, 0.2) is 35.1 Å². The average Bonchev–Trinajstić information content (AvgIpc) is 2.98. The molecule has 0 aliphatic rings. The molecule has 2 aromatic rings. The van der Waals surface area contributed by atoms with E-state index in [1.54, 1.807) is 12.1 Å². The van der Waals surface area contributed by atoms with E-state index in [4.69, 9.17) is 4.42 Å². The molecule has 2 heterocycles. The van der Waals surface area contributed by atoms with Gasteiger partial charge in [-0.2, -0.15) is 0 Å². The first-order valence-corrected chi connectivity index (χ1v) is 6.30. The summed E-state index contributed by atoms with van der Waals surface area (Å²) in [4.78, 5) is 26.3. The molecule has 21 heavy (non-hydrogen) atoms. The number of amides is 1. The lowest BCUT2D eigenvalue weighted by molar-refractivity contribution is -0.385. The summed E-state index contributed by atoms with van der Waals surface area (Å²) in [5.74, 6) is 0.435. The molecule has 0 spiro atoms. The second-order valence-corrected chi connectivity index (χ2v) is 4.14. The van der Waals surface area contributed by atoms with Crippen molar-refractivity contribution in [3.8, 4) is 0 Å². The highest BCUT2D eigenvalue weighted by molar-refractivity contribution is 5.99. The first-order chi connectivity index (χ1) is 10.1. The Morgan fingerprint density at radius 2 is 2.33 bits per heavy atom. The summed E-state index contributed by atoms with van der Waals surface area (Å²) in [7, 11) is 0. The fraction of sp³-hybridized carbons (Fsp3) is 0.231. The third kappa shape index (κ3) is 3.56. The van der Waals surface area contributed by atoms with Crippen LogP contribution in [-0.4, -0.2) is 22.4 Å². The van der Waals surface area contributed by atoms with Gasteiger partial charge < -0.3 is 15.1 Å². The van der Waals surface area contributed by atoms with Gasteiger partial charge in [0.1, 0.15) is 17.8 Å². The van der Waals surface area contributed by atoms with Gasteiger partial charge in [0.15, 0.2) is 0 Å². The Bertz CT molecular complexity index is 640. The van der Waals surface area contributed by atoms with Gasteiger partial charge in [0.05, 0.1) is 23.3 Å². The molecular formula is C13H14N4O4. The normalized spacial score (nSPS) is 10.1. The number of hydrogen-bond acceptors (Lipinski definition) is 6. The van der Waals surface area contributed by atoms with Gasteiger partial charge in [-0.1, -0.05) is 0 Å². The maximum atomic E-state index is 12.2. The van der Waals surface area contributed by atoms with Crippen LogP contribution in [0.3, 0.4) is 0 Å². The molecule has 0 aliphatic carbocycles. The zero-order valence-electron chi connectivity index (χ0n) is 11.3. The number of nitrogens with zero attached hydrogens (tertiary/aromatic N) is 2. The Labute approximate surface area is 120 Å². The number of pyridine rings is 1. The molecule has 0 aromatic carbocycles. The van der Waals surface area contributed by atoms with Gasteiger partial charge in [0, 0.05) is 12.6 Å².